The summed E-state index contributed by atoms with van der Waals surface area (Å²) in [6, 6.07) is -0.985. The fourth-order valence-electron chi connectivity index (χ4n) is 2.85. The second kappa shape index (κ2) is 9.46. The van der Waals surface area contributed by atoms with E-state index >= 15 is 0 Å². The van der Waals surface area contributed by atoms with E-state index in [0.29, 0.717) is 0 Å². The van der Waals surface area contributed by atoms with Crippen LogP contribution in [0.5, 0.6) is 0 Å². The van der Waals surface area contributed by atoms with E-state index < -0.39 is 47.4 Å². The number of nitrogens with one attached hydrogen (secondary N) is 1. The number of carboxylic acids is 1. The third kappa shape index (κ3) is 5.22. The summed E-state index contributed by atoms with van der Waals surface area (Å²) in [5.74, 6) is -3.18. The molecule has 172 valence electrons. The van der Waals surface area contributed by atoms with Gasteiger partial charge in [-0.1, -0.05) is 16.8 Å². The first kappa shape index (κ1) is 24.0. The molecule has 3 heterocycles. The number of carbonyl (C=O) groups excluding carboxylic acids is 3. The van der Waals surface area contributed by atoms with Crippen molar-refractivity contribution in [3.63, 3.8) is 0 Å². The number of thiazole rings is 1. The number of hydrogen-bond donors (Lipinski definition) is 2. The lowest BCUT2D eigenvalue weighted by atomic mass is 10.0. The van der Waals surface area contributed by atoms with Crippen LogP contribution >= 0.6 is 34.7 Å². The number of aliphatic carboxylic acids is 1. The Morgan fingerprint density at radius 3 is 2.72 bits per heavy atom. The van der Waals surface area contributed by atoms with E-state index in [9.17, 15) is 24.3 Å². The van der Waals surface area contributed by atoms with Crippen molar-refractivity contribution in [3.05, 3.63) is 27.3 Å². The van der Waals surface area contributed by atoms with Gasteiger partial charge in [0.1, 0.15) is 28.4 Å². The number of rotatable bonds is 7. The first-order valence-corrected chi connectivity index (χ1v) is 11.5. The Hall–Kier alpha value is -2.64. The molecule has 2 atom stereocenters. The van der Waals surface area contributed by atoms with E-state index in [4.69, 9.17) is 21.2 Å². The molecule has 0 radical (unpaired) electrons. The van der Waals surface area contributed by atoms with Crippen molar-refractivity contribution < 1.29 is 33.9 Å². The van der Waals surface area contributed by atoms with Gasteiger partial charge < -0.3 is 20.0 Å². The minimum atomic E-state index is -1.32. The number of carbonyl (C=O) groups is 4. The van der Waals surface area contributed by atoms with Gasteiger partial charge in [-0.2, -0.15) is 0 Å². The highest BCUT2D eigenvalue weighted by atomic mass is 35.5. The smallest absolute Gasteiger partial charge is 0.353 e. The molecule has 1 fully saturated rings. The van der Waals surface area contributed by atoms with Crippen LogP contribution in [0.4, 0.5) is 0 Å². The first-order valence-electron chi connectivity index (χ1n) is 9.17. The van der Waals surface area contributed by atoms with Gasteiger partial charge in [0.25, 0.3) is 11.8 Å². The molecule has 0 saturated carbocycles. The Bertz CT molecular complexity index is 1000. The van der Waals surface area contributed by atoms with Gasteiger partial charge in [0, 0.05) is 11.1 Å². The van der Waals surface area contributed by atoms with Crippen LogP contribution in [0, 0.1) is 0 Å². The molecule has 2 N–H and O–H groups in total. The number of esters is 1. The van der Waals surface area contributed by atoms with E-state index in [1.807, 2.05) is 0 Å². The number of oxime groups is 1. The van der Waals surface area contributed by atoms with Crippen LogP contribution in [0.3, 0.4) is 0 Å². The standard InChI is InChI=1S/C18H19ClN4O7S2/c1-18(2,3)30-10(24)4-29-22-11(9-6-31-7-20-9)14(25)21-12-15(26)23-13(17(27)28)8(19)5-32-16(12)23/h6-7,12,16H,4-5H2,1-3H3,(H,21,25)(H,27,28)/t12?,16-/m0/s1. The van der Waals surface area contributed by atoms with Crippen molar-refractivity contribution in [2.75, 3.05) is 12.4 Å². The highest BCUT2D eigenvalue weighted by Gasteiger charge is 2.54. The maximum Gasteiger partial charge on any atom is 0.353 e. The Morgan fingerprint density at radius 1 is 1.41 bits per heavy atom. The highest BCUT2D eigenvalue weighted by molar-refractivity contribution is 8.00. The van der Waals surface area contributed by atoms with E-state index in [0.717, 1.165) is 4.90 Å². The molecular weight excluding hydrogens is 484 g/mol. The summed E-state index contributed by atoms with van der Waals surface area (Å²) in [7, 11) is 0. The number of amides is 2. The number of ether oxygens (including phenoxy) is 1. The summed E-state index contributed by atoms with van der Waals surface area (Å²) >= 11 is 8.38. The van der Waals surface area contributed by atoms with Gasteiger partial charge in [0.2, 0.25) is 6.61 Å². The summed E-state index contributed by atoms with van der Waals surface area (Å²) in [6.45, 7) is 4.56. The molecule has 1 aromatic rings. The average Bonchev–Trinajstić information content (AvgIpc) is 3.21. The molecule has 2 amide bonds. The number of fused-ring (bicyclic) bond motifs is 1. The quantitative estimate of drug-likeness (QED) is 0.242. The third-order valence-electron chi connectivity index (χ3n) is 4.06. The largest absolute Gasteiger partial charge is 0.477 e. The van der Waals surface area contributed by atoms with Crippen LogP contribution in [-0.2, 0) is 28.8 Å². The van der Waals surface area contributed by atoms with Gasteiger partial charge in [-0.15, -0.1) is 23.1 Å². The fourth-order valence-corrected chi connectivity index (χ4v) is 4.93. The molecule has 2 aliphatic heterocycles. The number of β-lactam (4-membered cyclic amide) rings is 1. The third-order valence-corrected chi connectivity index (χ3v) is 6.40. The molecule has 0 aliphatic carbocycles. The molecular formula is C18H19ClN4O7S2. The van der Waals surface area contributed by atoms with Gasteiger partial charge in [0.05, 0.1) is 10.5 Å². The van der Waals surface area contributed by atoms with Gasteiger partial charge in [-0.25, -0.2) is 14.6 Å². The van der Waals surface area contributed by atoms with Crippen molar-refractivity contribution in [2.45, 2.75) is 37.8 Å². The minimum absolute atomic E-state index is 0.0529. The predicted octanol–water partition coefficient (Wildman–Crippen LogP) is 1.14. The Balaban J connectivity index is 1.70. The number of thioether (sulfide) groups is 1. The summed E-state index contributed by atoms with van der Waals surface area (Å²) in [5.41, 5.74) is 0.421. The van der Waals surface area contributed by atoms with Crippen LogP contribution < -0.4 is 5.32 Å². The van der Waals surface area contributed by atoms with Crippen molar-refractivity contribution in [1.82, 2.24) is 15.2 Å². The molecule has 1 saturated heterocycles. The molecule has 3 rings (SSSR count). The lowest BCUT2D eigenvalue weighted by Gasteiger charge is -2.48. The number of hydrogen-bond acceptors (Lipinski definition) is 10. The molecule has 2 aliphatic rings. The van der Waals surface area contributed by atoms with Crippen molar-refractivity contribution in [3.8, 4) is 0 Å². The second-order valence-electron chi connectivity index (χ2n) is 7.59. The van der Waals surface area contributed by atoms with Crippen LogP contribution in [0.1, 0.15) is 26.5 Å². The summed E-state index contributed by atoms with van der Waals surface area (Å²) in [5, 5.41) is 16.6. The monoisotopic (exact) mass is 502 g/mol. The van der Waals surface area contributed by atoms with Gasteiger partial charge in [0.15, 0.2) is 5.71 Å². The molecule has 0 bridgehead atoms. The zero-order chi connectivity index (χ0) is 23.6. The lowest BCUT2D eigenvalue weighted by Crippen LogP contribution is -2.71. The Labute approximate surface area is 195 Å². The average molecular weight is 503 g/mol. The zero-order valence-corrected chi connectivity index (χ0v) is 19.5. The van der Waals surface area contributed by atoms with Crippen LogP contribution in [0.15, 0.2) is 26.8 Å². The normalized spacial score (nSPS) is 20.9. The maximum absolute atomic E-state index is 12.8. The van der Waals surface area contributed by atoms with Crippen LogP contribution in [0.25, 0.3) is 0 Å². The van der Waals surface area contributed by atoms with Crippen molar-refractivity contribution >= 4 is 64.2 Å². The number of aromatic nitrogens is 1. The van der Waals surface area contributed by atoms with Gasteiger partial charge in [-0.3, -0.25) is 14.5 Å². The molecule has 11 nitrogen and oxygen atoms in total. The van der Waals surface area contributed by atoms with E-state index in [1.54, 1.807) is 26.2 Å². The van der Waals surface area contributed by atoms with E-state index in [1.165, 1.54) is 28.6 Å². The zero-order valence-electron chi connectivity index (χ0n) is 17.2. The first-order chi connectivity index (χ1) is 15.0. The molecule has 14 heteroatoms. The topological polar surface area (TPSA) is 147 Å². The number of carboxylic acid groups (broad SMARTS) is 1. The van der Waals surface area contributed by atoms with E-state index in [2.05, 4.69) is 15.5 Å². The SMILES string of the molecule is CC(C)(C)OC(=O)CON=C(C(=O)NC1C(=O)N2C(C(=O)O)=C(Cl)CS[C@@H]12)c1cscn1. The Morgan fingerprint density at radius 2 is 2.12 bits per heavy atom. The number of nitrogens with zero attached hydrogens (tertiary/aromatic N) is 3. The molecule has 32 heavy (non-hydrogen) atoms. The predicted molar refractivity (Wildman–Crippen MR) is 116 cm³/mol. The van der Waals surface area contributed by atoms with E-state index in [-0.39, 0.29) is 27.9 Å². The fraction of sp³-hybridized carbons (Fsp3) is 0.444. The highest BCUT2D eigenvalue weighted by Crippen LogP contribution is 2.41. The lowest BCUT2D eigenvalue weighted by molar-refractivity contribution is -0.160. The molecule has 1 unspecified atom stereocenters. The van der Waals surface area contributed by atoms with Crippen LogP contribution in [-0.4, -0.2) is 73.8 Å². The second-order valence-corrected chi connectivity index (χ2v) is 9.87. The summed E-state index contributed by atoms with van der Waals surface area (Å²) in [6.07, 6.45) is 0. The van der Waals surface area contributed by atoms with Gasteiger partial charge >= 0.3 is 11.9 Å². The molecule has 1 aromatic heterocycles. The summed E-state index contributed by atoms with van der Waals surface area (Å²) in [4.78, 5) is 58.7. The van der Waals surface area contributed by atoms with Crippen molar-refractivity contribution in [2.24, 2.45) is 5.16 Å². The maximum atomic E-state index is 12.8. The Kier molecular flexibility index (Phi) is 7.10. The minimum Gasteiger partial charge on any atom is -0.477 e. The van der Waals surface area contributed by atoms with Crippen molar-refractivity contribution in [1.29, 1.82) is 0 Å². The van der Waals surface area contributed by atoms with Gasteiger partial charge in [-0.05, 0) is 20.8 Å². The van der Waals surface area contributed by atoms with Crippen LogP contribution in [0.2, 0.25) is 0 Å². The number of halogens is 1. The summed E-state index contributed by atoms with van der Waals surface area (Å²) < 4.78 is 5.11. The molecule has 0 aromatic carbocycles. The molecule has 0 spiro atoms.